The van der Waals surface area contributed by atoms with Crippen LogP contribution in [0, 0.1) is 6.92 Å². The van der Waals surface area contributed by atoms with Gasteiger partial charge < -0.3 is 20.1 Å². The van der Waals surface area contributed by atoms with Gasteiger partial charge in [-0.2, -0.15) is 0 Å². The van der Waals surface area contributed by atoms with Crippen molar-refractivity contribution >= 4 is 17.5 Å². The van der Waals surface area contributed by atoms with Crippen LogP contribution in [-0.2, 0) is 6.54 Å². The van der Waals surface area contributed by atoms with Gasteiger partial charge in [-0.05, 0) is 42.3 Å². The van der Waals surface area contributed by atoms with Crippen LogP contribution in [0.4, 0.5) is 11.6 Å². The third-order valence-electron chi connectivity index (χ3n) is 4.17. The van der Waals surface area contributed by atoms with E-state index < -0.39 is 0 Å². The van der Waals surface area contributed by atoms with Crippen molar-refractivity contribution in [3.05, 3.63) is 71.5 Å². The first-order chi connectivity index (χ1) is 13.2. The molecule has 2 N–H and O–H groups in total. The number of nitrogens with one attached hydrogen (secondary N) is 2. The predicted octanol–water partition coefficient (Wildman–Crippen LogP) is 3.19. The predicted molar refractivity (Wildman–Crippen MR) is 100 cm³/mol. The maximum atomic E-state index is 12.4. The molecule has 2 aromatic carbocycles. The molecular formula is C20H18N4O3. The third-order valence-corrected chi connectivity index (χ3v) is 4.17. The maximum Gasteiger partial charge on any atom is 0.270 e. The number of benzene rings is 2. The van der Waals surface area contributed by atoms with E-state index in [0.29, 0.717) is 29.7 Å². The lowest BCUT2D eigenvalue weighted by molar-refractivity contribution is 0.0946. The largest absolute Gasteiger partial charge is 0.454 e. The zero-order valence-corrected chi connectivity index (χ0v) is 14.7. The summed E-state index contributed by atoms with van der Waals surface area (Å²) < 4.78 is 10.6. The summed E-state index contributed by atoms with van der Waals surface area (Å²) in [5.41, 5.74) is 3.18. The van der Waals surface area contributed by atoms with Crippen LogP contribution in [0.3, 0.4) is 0 Å². The molecule has 0 spiro atoms. The maximum absolute atomic E-state index is 12.4. The molecular weight excluding hydrogens is 344 g/mol. The number of ether oxygens (including phenoxy) is 2. The third kappa shape index (κ3) is 3.82. The quantitative estimate of drug-likeness (QED) is 0.725. The first kappa shape index (κ1) is 16.8. The first-order valence-electron chi connectivity index (χ1n) is 8.51. The Morgan fingerprint density at radius 2 is 1.96 bits per heavy atom. The molecule has 0 aliphatic carbocycles. The zero-order chi connectivity index (χ0) is 18.6. The number of nitrogens with zero attached hydrogens (tertiary/aromatic N) is 2. The number of para-hydroxylation sites is 1. The fourth-order valence-corrected chi connectivity index (χ4v) is 2.70. The van der Waals surface area contributed by atoms with Gasteiger partial charge in [0.05, 0.1) is 0 Å². The highest BCUT2D eigenvalue weighted by molar-refractivity contribution is 5.92. The van der Waals surface area contributed by atoms with Gasteiger partial charge in [0, 0.05) is 18.4 Å². The van der Waals surface area contributed by atoms with E-state index in [4.69, 9.17) is 9.47 Å². The van der Waals surface area contributed by atoms with E-state index in [1.54, 1.807) is 12.3 Å². The van der Waals surface area contributed by atoms with Crippen molar-refractivity contribution in [3.63, 3.8) is 0 Å². The smallest absolute Gasteiger partial charge is 0.270 e. The van der Waals surface area contributed by atoms with Crippen LogP contribution in [0.1, 0.15) is 21.6 Å². The van der Waals surface area contributed by atoms with Gasteiger partial charge in [-0.3, -0.25) is 4.79 Å². The Morgan fingerprint density at radius 1 is 1.11 bits per heavy atom. The molecule has 136 valence electrons. The molecule has 7 heteroatoms. The fourth-order valence-electron chi connectivity index (χ4n) is 2.70. The topological polar surface area (TPSA) is 85.4 Å². The van der Waals surface area contributed by atoms with E-state index >= 15 is 0 Å². The molecule has 3 aromatic rings. The van der Waals surface area contributed by atoms with Crippen LogP contribution in [-0.4, -0.2) is 22.7 Å². The Balaban J connectivity index is 1.42. The van der Waals surface area contributed by atoms with Crippen LogP contribution in [0.25, 0.3) is 0 Å². The molecule has 27 heavy (non-hydrogen) atoms. The van der Waals surface area contributed by atoms with E-state index in [-0.39, 0.29) is 12.7 Å². The molecule has 7 nitrogen and oxygen atoms in total. The van der Waals surface area contributed by atoms with E-state index in [1.807, 2.05) is 49.4 Å². The molecule has 0 saturated heterocycles. The Labute approximate surface area is 156 Å². The highest BCUT2D eigenvalue weighted by atomic mass is 16.7. The zero-order valence-electron chi connectivity index (χ0n) is 14.7. The molecule has 0 unspecified atom stereocenters. The number of rotatable bonds is 5. The fraction of sp³-hybridized carbons (Fsp3) is 0.150. The number of aromatic nitrogens is 2. The standard InChI is InChI=1S/C20H18N4O3/c1-13-4-2-3-5-15(13)23-20-21-9-8-16(24-20)19(25)22-11-14-6-7-17-18(10-14)27-12-26-17/h2-10H,11-12H2,1H3,(H,22,25)(H,21,23,24). The monoisotopic (exact) mass is 362 g/mol. The van der Waals surface area contributed by atoms with E-state index in [9.17, 15) is 4.79 Å². The number of aryl methyl sites for hydroxylation is 1. The molecule has 0 atom stereocenters. The molecule has 1 aliphatic rings. The van der Waals surface area contributed by atoms with Crippen molar-refractivity contribution in [2.24, 2.45) is 0 Å². The van der Waals surface area contributed by atoms with Crippen LogP contribution in [0.2, 0.25) is 0 Å². The molecule has 1 aliphatic heterocycles. The summed E-state index contributed by atoms with van der Waals surface area (Å²) in [6.07, 6.45) is 1.56. The Bertz CT molecular complexity index is 990. The van der Waals surface area contributed by atoms with Crippen molar-refractivity contribution < 1.29 is 14.3 Å². The summed E-state index contributed by atoms with van der Waals surface area (Å²) in [6, 6.07) is 15.0. The average Bonchev–Trinajstić information content (AvgIpc) is 3.16. The lowest BCUT2D eigenvalue weighted by Crippen LogP contribution is -2.24. The van der Waals surface area contributed by atoms with Crippen molar-refractivity contribution in [1.82, 2.24) is 15.3 Å². The summed E-state index contributed by atoms with van der Waals surface area (Å²) in [5.74, 6) is 1.50. The Kier molecular flexibility index (Phi) is 4.57. The van der Waals surface area contributed by atoms with Gasteiger partial charge in [0.1, 0.15) is 5.69 Å². The highest BCUT2D eigenvalue weighted by Crippen LogP contribution is 2.32. The van der Waals surface area contributed by atoms with Crippen LogP contribution >= 0.6 is 0 Å². The van der Waals surface area contributed by atoms with Crippen molar-refractivity contribution in [2.75, 3.05) is 12.1 Å². The van der Waals surface area contributed by atoms with Gasteiger partial charge in [0.2, 0.25) is 12.7 Å². The molecule has 4 rings (SSSR count). The van der Waals surface area contributed by atoms with E-state index in [0.717, 1.165) is 16.8 Å². The number of anilines is 2. The number of carbonyl (C=O) groups excluding carboxylic acids is 1. The second kappa shape index (κ2) is 7.33. The lowest BCUT2D eigenvalue weighted by atomic mass is 10.2. The number of hydrogen-bond donors (Lipinski definition) is 2. The normalized spacial score (nSPS) is 11.9. The molecule has 0 radical (unpaired) electrons. The number of fused-ring (bicyclic) bond motifs is 1. The van der Waals surface area contributed by atoms with E-state index in [1.165, 1.54) is 0 Å². The number of amides is 1. The van der Waals surface area contributed by atoms with Gasteiger partial charge in [0.25, 0.3) is 5.91 Å². The van der Waals surface area contributed by atoms with Crippen molar-refractivity contribution in [2.45, 2.75) is 13.5 Å². The van der Waals surface area contributed by atoms with Crippen LogP contribution in [0.5, 0.6) is 11.5 Å². The van der Waals surface area contributed by atoms with Crippen LogP contribution in [0.15, 0.2) is 54.7 Å². The Hall–Kier alpha value is -3.61. The molecule has 0 saturated carbocycles. The Morgan fingerprint density at radius 3 is 2.85 bits per heavy atom. The van der Waals surface area contributed by atoms with Gasteiger partial charge in [0.15, 0.2) is 11.5 Å². The first-order valence-corrected chi connectivity index (χ1v) is 8.51. The minimum Gasteiger partial charge on any atom is -0.454 e. The minimum atomic E-state index is -0.275. The second-order valence-electron chi connectivity index (χ2n) is 6.08. The van der Waals surface area contributed by atoms with Gasteiger partial charge in [-0.15, -0.1) is 0 Å². The van der Waals surface area contributed by atoms with Crippen LogP contribution < -0.4 is 20.1 Å². The summed E-state index contributed by atoms with van der Waals surface area (Å²) in [5, 5.41) is 5.99. The molecule has 0 fully saturated rings. The number of carbonyl (C=O) groups is 1. The van der Waals surface area contributed by atoms with E-state index in [2.05, 4.69) is 20.6 Å². The van der Waals surface area contributed by atoms with Gasteiger partial charge >= 0.3 is 0 Å². The number of hydrogen-bond acceptors (Lipinski definition) is 6. The van der Waals surface area contributed by atoms with Gasteiger partial charge in [-0.25, -0.2) is 9.97 Å². The average molecular weight is 362 g/mol. The molecule has 0 bridgehead atoms. The van der Waals surface area contributed by atoms with Crippen molar-refractivity contribution in [3.8, 4) is 11.5 Å². The molecule has 2 heterocycles. The summed E-state index contributed by atoms with van der Waals surface area (Å²) in [7, 11) is 0. The van der Waals surface area contributed by atoms with Gasteiger partial charge in [-0.1, -0.05) is 24.3 Å². The molecule has 1 aromatic heterocycles. The minimum absolute atomic E-state index is 0.225. The SMILES string of the molecule is Cc1ccccc1Nc1nccc(C(=O)NCc2ccc3c(c2)OCO3)n1. The summed E-state index contributed by atoms with van der Waals surface area (Å²) in [6.45, 7) is 2.58. The summed E-state index contributed by atoms with van der Waals surface area (Å²) in [4.78, 5) is 20.9. The van der Waals surface area contributed by atoms with Crippen molar-refractivity contribution in [1.29, 1.82) is 0 Å². The lowest BCUT2D eigenvalue weighted by Gasteiger charge is -2.09. The summed E-state index contributed by atoms with van der Waals surface area (Å²) >= 11 is 0. The molecule has 1 amide bonds. The second-order valence-corrected chi connectivity index (χ2v) is 6.08. The highest BCUT2D eigenvalue weighted by Gasteiger charge is 2.14.